The summed E-state index contributed by atoms with van der Waals surface area (Å²) >= 11 is 0. The molecule has 160 valence electrons. The van der Waals surface area contributed by atoms with Crippen LogP contribution in [0.4, 0.5) is 10.1 Å². The number of carbonyl (C=O) groups is 1. The fraction of sp³-hybridized carbons (Fsp3) is 0.375. The fourth-order valence-corrected chi connectivity index (χ4v) is 4.90. The Morgan fingerprint density at radius 2 is 1.94 bits per heavy atom. The molecule has 2 bridgehead atoms. The monoisotopic (exact) mass is 420 g/mol. The molecule has 2 saturated heterocycles. The molecule has 0 N–H and O–H groups in total. The van der Waals surface area contributed by atoms with Gasteiger partial charge in [-0.05, 0) is 43.0 Å². The first-order valence-electron chi connectivity index (χ1n) is 10.8. The maximum Gasteiger partial charge on any atom is 0.248 e. The molecule has 0 spiro atoms. The van der Waals surface area contributed by atoms with Gasteiger partial charge in [-0.1, -0.05) is 18.2 Å². The molecular formula is C24H25FN4O2. The average molecular weight is 420 g/mol. The lowest BCUT2D eigenvalue weighted by Crippen LogP contribution is -2.56. The van der Waals surface area contributed by atoms with E-state index in [1.165, 1.54) is 11.8 Å². The number of halogens is 1. The SMILES string of the molecule is O=C(COCCc1cccc2ncccc12)N1C[C@H]2CC[C@@H](C1)N2c1ccncc1F. The Bertz CT molecular complexity index is 1070. The zero-order valence-electron chi connectivity index (χ0n) is 17.3. The molecule has 2 aliphatic heterocycles. The molecule has 1 aromatic carbocycles. The summed E-state index contributed by atoms with van der Waals surface area (Å²) in [5.41, 5.74) is 2.73. The molecule has 2 aliphatic rings. The third kappa shape index (κ3) is 3.97. The highest BCUT2D eigenvalue weighted by Crippen LogP contribution is 2.35. The minimum absolute atomic E-state index is 0.00587. The van der Waals surface area contributed by atoms with Crippen LogP contribution in [0.15, 0.2) is 55.0 Å². The zero-order chi connectivity index (χ0) is 21.2. The largest absolute Gasteiger partial charge is 0.371 e. The first-order valence-corrected chi connectivity index (χ1v) is 10.8. The predicted molar refractivity (Wildman–Crippen MR) is 116 cm³/mol. The summed E-state index contributed by atoms with van der Waals surface area (Å²) in [5, 5.41) is 1.12. The second kappa shape index (κ2) is 8.59. The highest BCUT2D eigenvalue weighted by Gasteiger charge is 2.42. The maximum atomic E-state index is 14.2. The van der Waals surface area contributed by atoms with Crippen molar-refractivity contribution >= 4 is 22.5 Å². The number of hydrogen-bond acceptors (Lipinski definition) is 5. The normalized spacial score (nSPS) is 20.4. The van der Waals surface area contributed by atoms with Crippen molar-refractivity contribution in [3.05, 3.63) is 66.4 Å². The minimum Gasteiger partial charge on any atom is -0.371 e. The summed E-state index contributed by atoms with van der Waals surface area (Å²) < 4.78 is 20.0. The van der Waals surface area contributed by atoms with Crippen LogP contribution in [0.1, 0.15) is 18.4 Å². The molecule has 31 heavy (non-hydrogen) atoms. The van der Waals surface area contributed by atoms with Crippen LogP contribution in [0.2, 0.25) is 0 Å². The number of benzene rings is 1. The van der Waals surface area contributed by atoms with E-state index < -0.39 is 0 Å². The topological polar surface area (TPSA) is 58.6 Å². The first kappa shape index (κ1) is 19.9. The van der Waals surface area contributed by atoms with Crippen LogP contribution in [0.5, 0.6) is 0 Å². The van der Waals surface area contributed by atoms with Crippen LogP contribution in [0, 0.1) is 5.82 Å². The number of pyridine rings is 2. The molecule has 5 rings (SSSR count). The first-order chi connectivity index (χ1) is 15.2. The number of piperazine rings is 1. The number of fused-ring (bicyclic) bond motifs is 3. The smallest absolute Gasteiger partial charge is 0.248 e. The third-order valence-electron chi connectivity index (χ3n) is 6.34. The summed E-state index contributed by atoms with van der Waals surface area (Å²) in [5.74, 6) is -0.294. The van der Waals surface area contributed by atoms with Crippen molar-refractivity contribution in [1.82, 2.24) is 14.9 Å². The molecule has 2 aromatic heterocycles. The fourth-order valence-electron chi connectivity index (χ4n) is 4.90. The van der Waals surface area contributed by atoms with Crippen molar-refractivity contribution < 1.29 is 13.9 Å². The summed E-state index contributed by atoms with van der Waals surface area (Å²) in [6, 6.07) is 12.1. The summed E-state index contributed by atoms with van der Waals surface area (Å²) in [4.78, 5) is 25.0. The number of carbonyl (C=O) groups excluding carboxylic acids is 1. The van der Waals surface area contributed by atoms with Crippen LogP contribution in [0.25, 0.3) is 10.9 Å². The van der Waals surface area contributed by atoms with E-state index in [1.54, 1.807) is 18.5 Å². The number of amides is 1. The molecule has 0 saturated carbocycles. The van der Waals surface area contributed by atoms with Gasteiger partial charge in [-0.15, -0.1) is 0 Å². The molecule has 0 unspecified atom stereocenters. The second-order valence-electron chi connectivity index (χ2n) is 8.21. The van der Waals surface area contributed by atoms with Crippen molar-refractivity contribution in [3.63, 3.8) is 0 Å². The number of likely N-dealkylation sites (tertiary alicyclic amines) is 1. The van der Waals surface area contributed by atoms with Crippen molar-refractivity contribution in [1.29, 1.82) is 0 Å². The van der Waals surface area contributed by atoms with Crippen LogP contribution >= 0.6 is 0 Å². The van der Waals surface area contributed by atoms with Gasteiger partial charge in [0, 0.05) is 43.0 Å². The van der Waals surface area contributed by atoms with E-state index in [0.29, 0.717) is 25.4 Å². The van der Waals surface area contributed by atoms with E-state index in [-0.39, 0.29) is 30.4 Å². The van der Waals surface area contributed by atoms with E-state index in [9.17, 15) is 9.18 Å². The lowest BCUT2D eigenvalue weighted by atomic mass is 10.1. The van der Waals surface area contributed by atoms with E-state index in [1.807, 2.05) is 23.1 Å². The van der Waals surface area contributed by atoms with Gasteiger partial charge < -0.3 is 14.5 Å². The Kier molecular flexibility index (Phi) is 5.51. The average Bonchev–Trinajstić information content (AvgIpc) is 3.05. The molecule has 4 heterocycles. The molecule has 0 radical (unpaired) electrons. The number of aromatic nitrogens is 2. The second-order valence-corrected chi connectivity index (χ2v) is 8.21. The molecular weight excluding hydrogens is 395 g/mol. The Morgan fingerprint density at radius 1 is 1.10 bits per heavy atom. The minimum atomic E-state index is -0.300. The lowest BCUT2D eigenvalue weighted by Gasteiger charge is -2.42. The van der Waals surface area contributed by atoms with Gasteiger partial charge in [-0.3, -0.25) is 14.8 Å². The van der Waals surface area contributed by atoms with Gasteiger partial charge in [0.2, 0.25) is 5.91 Å². The Hall–Kier alpha value is -3.06. The molecule has 0 aliphatic carbocycles. The van der Waals surface area contributed by atoms with Gasteiger partial charge >= 0.3 is 0 Å². The van der Waals surface area contributed by atoms with Crippen LogP contribution in [-0.2, 0) is 16.0 Å². The standard InChI is InChI=1S/C24H25FN4O2/c25-21-13-26-11-8-23(21)29-18-6-7-19(29)15-28(14-18)24(30)16-31-12-9-17-3-1-5-22-20(17)4-2-10-27-22/h1-5,8,10-11,13,18-19H,6-7,9,12,14-16H2/t18-,19+. The van der Waals surface area contributed by atoms with Gasteiger partial charge in [-0.25, -0.2) is 4.39 Å². The van der Waals surface area contributed by atoms with Gasteiger partial charge in [0.05, 0.1) is 24.0 Å². The molecule has 3 aromatic rings. The molecule has 2 atom stereocenters. The summed E-state index contributed by atoms with van der Waals surface area (Å²) in [6.07, 6.45) is 7.33. The van der Waals surface area contributed by atoms with E-state index in [2.05, 4.69) is 27.0 Å². The number of ether oxygens (including phenoxy) is 1. The van der Waals surface area contributed by atoms with E-state index >= 15 is 0 Å². The lowest BCUT2D eigenvalue weighted by molar-refractivity contribution is -0.137. The van der Waals surface area contributed by atoms with Crippen LogP contribution in [0.3, 0.4) is 0 Å². The molecule has 1 amide bonds. The van der Waals surface area contributed by atoms with Crippen molar-refractivity contribution in [2.24, 2.45) is 0 Å². The van der Waals surface area contributed by atoms with E-state index in [0.717, 1.165) is 30.2 Å². The van der Waals surface area contributed by atoms with Gasteiger partial charge in [0.1, 0.15) is 6.61 Å². The van der Waals surface area contributed by atoms with Gasteiger partial charge in [0.15, 0.2) is 5.82 Å². The zero-order valence-corrected chi connectivity index (χ0v) is 17.3. The third-order valence-corrected chi connectivity index (χ3v) is 6.34. The number of anilines is 1. The Labute approximate surface area is 180 Å². The van der Waals surface area contributed by atoms with Crippen molar-refractivity contribution in [2.75, 3.05) is 31.2 Å². The van der Waals surface area contributed by atoms with Gasteiger partial charge in [-0.2, -0.15) is 0 Å². The predicted octanol–water partition coefficient (Wildman–Crippen LogP) is 3.21. The van der Waals surface area contributed by atoms with E-state index in [4.69, 9.17) is 4.74 Å². The summed E-state index contributed by atoms with van der Waals surface area (Å²) in [7, 11) is 0. The molecule has 2 fully saturated rings. The quantitative estimate of drug-likeness (QED) is 0.573. The highest BCUT2D eigenvalue weighted by atomic mass is 19.1. The highest BCUT2D eigenvalue weighted by molar-refractivity contribution is 5.82. The Balaban J connectivity index is 1.15. The summed E-state index contributed by atoms with van der Waals surface area (Å²) in [6.45, 7) is 1.77. The van der Waals surface area contributed by atoms with Crippen molar-refractivity contribution in [3.8, 4) is 0 Å². The van der Waals surface area contributed by atoms with Crippen LogP contribution in [-0.4, -0.2) is 59.2 Å². The van der Waals surface area contributed by atoms with Crippen LogP contribution < -0.4 is 4.90 Å². The number of hydrogen-bond donors (Lipinski definition) is 0. The molecule has 6 nitrogen and oxygen atoms in total. The molecule has 7 heteroatoms. The number of nitrogens with zero attached hydrogens (tertiary/aromatic N) is 4. The Morgan fingerprint density at radius 3 is 2.74 bits per heavy atom. The maximum absolute atomic E-state index is 14.2. The number of rotatable bonds is 6. The van der Waals surface area contributed by atoms with Crippen molar-refractivity contribution in [2.45, 2.75) is 31.3 Å². The van der Waals surface area contributed by atoms with Gasteiger partial charge in [0.25, 0.3) is 0 Å².